The van der Waals surface area contributed by atoms with E-state index >= 15 is 0 Å². The van der Waals surface area contributed by atoms with Crippen molar-refractivity contribution in [2.24, 2.45) is 16.8 Å². The van der Waals surface area contributed by atoms with Gasteiger partial charge in [-0.3, -0.25) is 4.99 Å². The van der Waals surface area contributed by atoms with Gasteiger partial charge in [0.05, 0.1) is 0 Å². The summed E-state index contributed by atoms with van der Waals surface area (Å²) in [7, 11) is 0. The predicted molar refractivity (Wildman–Crippen MR) is 44.7 cm³/mol. The Morgan fingerprint density at radius 2 is 1.80 bits per heavy atom. The average Bonchev–Trinajstić information content (AvgIpc) is 1.81. The second-order valence-electron chi connectivity index (χ2n) is 2.91. The molecule has 0 aromatic heterocycles. The molecule has 0 aliphatic heterocycles. The molecule has 60 valence electrons. The molecule has 3 nitrogen and oxygen atoms in total. The Bertz CT molecular complexity index is 116. The van der Waals surface area contributed by atoms with Gasteiger partial charge in [-0.05, 0) is 13.8 Å². The van der Waals surface area contributed by atoms with Crippen LogP contribution in [-0.4, -0.2) is 11.9 Å². The average molecular weight is 143 g/mol. The largest absolute Gasteiger partial charge is 0.312 e. The summed E-state index contributed by atoms with van der Waals surface area (Å²) < 4.78 is 0. The number of rotatable bonds is 2. The molecule has 0 bridgehead atoms. The molecule has 0 rings (SSSR count). The first-order valence-electron chi connectivity index (χ1n) is 3.62. The Hall–Kier alpha value is -0.570. The zero-order valence-electron chi connectivity index (χ0n) is 7.18. The Morgan fingerprint density at radius 3 is 1.90 bits per heavy atom. The van der Waals surface area contributed by atoms with Gasteiger partial charge in [0.2, 0.25) is 0 Å². The molecule has 0 unspecified atom stereocenters. The summed E-state index contributed by atoms with van der Waals surface area (Å²) in [6, 6.07) is 0.313. The quantitative estimate of drug-likeness (QED) is 0.261. The van der Waals surface area contributed by atoms with Gasteiger partial charge in [0.15, 0.2) is 0 Å². The lowest BCUT2D eigenvalue weighted by molar-refractivity contribution is 0.755. The lowest BCUT2D eigenvalue weighted by Crippen LogP contribution is -2.34. The molecular formula is C7H17N3. The van der Waals surface area contributed by atoms with Crippen molar-refractivity contribution in [3.8, 4) is 0 Å². The van der Waals surface area contributed by atoms with Crippen molar-refractivity contribution in [2.45, 2.75) is 33.7 Å². The van der Waals surface area contributed by atoms with Crippen molar-refractivity contribution < 1.29 is 0 Å². The molecule has 10 heavy (non-hydrogen) atoms. The van der Waals surface area contributed by atoms with Crippen molar-refractivity contribution in [3.05, 3.63) is 0 Å². The molecule has 0 atom stereocenters. The normalized spacial score (nSPS) is 12.9. The number of hydrogen-bond donors (Lipinski definition) is 2. The van der Waals surface area contributed by atoms with Crippen molar-refractivity contribution in [2.75, 3.05) is 0 Å². The third kappa shape index (κ3) is 3.45. The van der Waals surface area contributed by atoms with Gasteiger partial charge in [-0.15, -0.1) is 0 Å². The topological polar surface area (TPSA) is 50.4 Å². The minimum atomic E-state index is 0.313. The number of amidine groups is 1. The fraction of sp³-hybridized carbons (Fsp3) is 0.857. The molecule has 0 saturated heterocycles. The Balaban J connectivity index is 4.04. The van der Waals surface area contributed by atoms with Crippen LogP contribution in [0.2, 0.25) is 0 Å². The van der Waals surface area contributed by atoms with E-state index in [4.69, 9.17) is 5.84 Å². The highest BCUT2D eigenvalue weighted by Gasteiger charge is 2.02. The number of nitrogens with two attached hydrogens (primary N) is 1. The summed E-state index contributed by atoms with van der Waals surface area (Å²) in [4.78, 5) is 4.28. The summed E-state index contributed by atoms with van der Waals surface area (Å²) in [5, 5.41) is 0. The number of nitrogens with zero attached hydrogens (tertiary/aromatic N) is 1. The van der Waals surface area contributed by atoms with Crippen molar-refractivity contribution in [1.82, 2.24) is 5.43 Å². The maximum atomic E-state index is 5.24. The van der Waals surface area contributed by atoms with Crippen LogP contribution < -0.4 is 11.3 Å². The summed E-state index contributed by atoms with van der Waals surface area (Å²) in [5.41, 5.74) is 2.58. The monoisotopic (exact) mass is 143 g/mol. The van der Waals surface area contributed by atoms with E-state index in [1.54, 1.807) is 0 Å². The van der Waals surface area contributed by atoms with Crippen LogP contribution in [-0.2, 0) is 0 Å². The maximum absolute atomic E-state index is 5.24. The van der Waals surface area contributed by atoms with Crippen LogP contribution in [0, 0.1) is 5.92 Å². The minimum Gasteiger partial charge on any atom is -0.312 e. The Kier molecular flexibility index (Phi) is 4.03. The number of hydrazine groups is 1. The van der Waals surface area contributed by atoms with Crippen LogP contribution in [0.5, 0.6) is 0 Å². The zero-order valence-corrected chi connectivity index (χ0v) is 7.18. The lowest BCUT2D eigenvalue weighted by Gasteiger charge is -2.09. The van der Waals surface area contributed by atoms with E-state index in [9.17, 15) is 0 Å². The summed E-state index contributed by atoms with van der Waals surface area (Å²) >= 11 is 0. The van der Waals surface area contributed by atoms with Gasteiger partial charge < -0.3 is 5.43 Å². The molecule has 0 aliphatic rings. The molecule has 0 aliphatic carbocycles. The molecule has 0 fully saturated rings. The predicted octanol–water partition coefficient (Wildman–Crippen LogP) is 0.913. The maximum Gasteiger partial charge on any atom is 0.113 e. The number of nitrogens with one attached hydrogen (secondary N) is 1. The Morgan fingerprint density at radius 1 is 1.30 bits per heavy atom. The van der Waals surface area contributed by atoms with Crippen LogP contribution in [0.1, 0.15) is 27.7 Å². The molecule has 0 amide bonds. The molecule has 0 spiro atoms. The van der Waals surface area contributed by atoms with Crippen LogP contribution in [0.15, 0.2) is 4.99 Å². The molecular weight excluding hydrogens is 126 g/mol. The van der Waals surface area contributed by atoms with Gasteiger partial charge in [-0.1, -0.05) is 13.8 Å². The van der Waals surface area contributed by atoms with Crippen LogP contribution >= 0.6 is 0 Å². The van der Waals surface area contributed by atoms with Gasteiger partial charge in [-0.2, -0.15) is 0 Å². The first kappa shape index (κ1) is 9.43. The fourth-order valence-electron chi connectivity index (χ4n) is 0.631. The van der Waals surface area contributed by atoms with Crippen molar-refractivity contribution in [1.29, 1.82) is 0 Å². The van der Waals surface area contributed by atoms with E-state index < -0.39 is 0 Å². The zero-order chi connectivity index (χ0) is 8.15. The third-order valence-electron chi connectivity index (χ3n) is 1.09. The second kappa shape index (κ2) is 4.28. The van der Waals surface area contributed by atoms with Crippen LogP contribution in [0.3, 0.4) is 0 Å². The van der Waals surface area contributed by atoms with Gasteiger partial charge in [0, 0.05) is 12.0 Å². The van der Waals surface area contributed by atoms with Crippen molar-refractivity contribution in [3.63, 3.8) is 0 Å². The second-order valence-corrected chi connectivity index (χ2v) is 2.91. The van der Waals surface area contributed by atoms with E-state index in [-0.39, 0.29) is 0 Å². The molecule has 3 N–H and O–H groups in total. The molecule has 0 radical (unpaired) electrons. The van der Waals surface area contributed by atoms with Crippen molar-refractivity contribution >= 4 is 5.84 Å². The first-order valence-corrected chi connectivity index (χ1v) is 3.62. The van der Waals surface area contributed by atoms with Crippen LogP contribution in [0.25, 0.3) is 0 Å². The van der Waals surface area contributed by atoms with E-state index in [0.717, 1.165) is 5.84 Å². The first-order chi connectivity index (χ1) is 4.57. The lowest BCUT2D eigenvalue weighted by atomic mass is 10.2. The van der Waals surface area contributed by atoms with Gasteiger partial charge in [0.25, 0.3) is 0 Å². The van der Waals surface area contributed by atoms with E-state index in [0.29, 0.717) is 12.0 Å². The van der Waals surface area contributed by atoms with Gasteiger partial charge in [0.1, 0.15) is 5.84 Å². The van der Waals surface area contributed by atoms with E-state index in [1.165, 1.54) is 0 Å². The van der Waals surface area contributed by atoms with E-state index in [2.05, 4.69) is 24.3 Å². The number of aliphatic imine (C=N–C) groups is 1. The molecule has 0 aromatic carbocycles. The third-order valence-corrected chi connectivity index (χ3v) is 1.09. The van der Waals surface area contributed by atoms with Gasteiger partial charge in [-0.25, -0.2) is 5.84 Å². The van der Waals surface area contributed by atoms with E-state index in [1.807, 2.05) is 13.8 Å². The number of hydrogen-bond acceptors (Lipinski definition) is 2. The highest BCUT2D eigenvalue weighted by molar-refractivity contribution is 5.83. The molecule has 3 heteroatoms. The highest BCUT2D eigenvalue weighted by Crippen LogP contribution is 1.96. The molecule has 0 saturated carbocycles. The van der Waals surface area contributed by atoms with Gasteiger partial charge >= 0.3 is 0 Å². The highest BCUT2D eigenvalue weighted by atomic mass is 15.3. The minimum absolute atomic E-state index is 0.313. The summed E-state index contributed by atoms with van der Waals surface area (Å²) in [6.45, 7) is 8.17. The summed E-state index contributed by atoms with van der Waals surface area (Å²) in [5.74, 6) is 6.49. The molecule has 0 aromatic rings. The Labute approximate surface area is 62.7 Å². The smallest absolute Gasteiger partial charge is 0.113 e. The summed E-state index contributed by atoms with van der Waals surface area (Å²) in [6.07, 6.45) is 0. The van der Waals surface area contributed by atoms with Crippen LogP contribution in [0.4, 0.5) is 0 Å². The standard InChI is InChI=1S/C7H17N3/c1-5(2)7(10-8)9-6(3)4/h5-6H,8H2,1-4H3,(H,9,10). The SMILES string of the molecule is CC(C)N=C(NN)C(C)C. The molecule has 0 heterocycles. The fourth-order valence-corrected chi connectivity index (χ4v) is 0.631.